The Morgan fingerprint density at radius 1 is 1.25 bits per heavy atom. The fraction of sp³-hybridized carbons (Fsp3) is 0.571. The molecule has 0 saturated heterocycles. The average molecular weight is 221 g/mol. The first-order valence-electron chi connectivity index (χ1n) is 6.24. The molecular formula is C14H23NO. The molecule has 0 unspecified atom stereocenters. The number of unbranched alkanes of at least 4 members (excludes halogenated alkanes) is 1. The molecule has 0 aromatic heterocycles. The van der Waals surface area contributed by atoms with Crippen molar-refractivity contribution in [2.45, 2.75) is 39.7 Å². The summed E-state index contributed by atoms with van der Waals surface area (Å²) in [5, 5.41) is 3.52. The molecule has 0 aliphatic heterocycles. The zero-order valence-corrected chi connectivity index (χ0v) is 10.6. The summed E-state index contributed by atoms with van der Waals surface area (Å²) in [5.41, 5.74) is 1.25. The molecule has 1 atom stereocenters. The molecule has 0 saturated carbocycles. The lowest BCUT2D eigenvalue weighted by molar-refractivity contribution is 0.332. The van der Waals surface area contributed by atoms with Crippen LogP contribution in [0.15, 0.2) is 24.3 Å². The fourth-order valence-corrected chi connectivity index (χ4v) is 1.73. The third-order valence-electron chi connectivity index (χ3n) is 2.67. The maximum Gasteiger partial charge on any atom is 0.124 e. The van der Waals surface area contributed by atoms with E-state index in [-0.39, 0.29) is 0 Å². The van der Waals surface area contributed by atoms with Gasteiger partial charge in [0.2, 0.25) is 0 Å². The SMILES string of the molecule is CCCCN[C@@H](C)c1ccccc1OCC. The van der Waals surface area contributed by atoms with Crippen LogP contribution in [0.5, 0.6) is 5.75 Å². The van der Waals surface area contributed by atoms with Gasteiger partial charge in [-0.2, -0.15) is 0 Å². The van der Waals surface area contributed by atoms with Crippen molar-refractivity contribution in [3.63, 3.8) is 0 Å². The minimum Gasteiger partial charge on any atom is -0.494 e. The van der Waals surface area contributed by atoms with Gasteiger partial charge in [-0.05, 0) is 32.9 Å². The minimum atomic E-state index is 0.356. The van der Waals surface area contributed by atoms with Crippen molar-refractivity contribution in [2.24, 2.45) is 0 Å². The second-order valence-corrected chi connectivity index (χ2v) is 4.00. The van der Waals surface area contributed by atoms with Crippen LogP contribution in [0.2, 0.25) is 0 Å². The highest BCUT2D eigenvalue weighted by molar-refractivity contribution is 5.35. The standard InChI is InChI=1S/C14H23NO/c1-4-6-11-15-12(3)13-9-7-8-10-14(13)16-5-2/h7-10,12,15H,4-6,11H2,1-3H3/t12-/m0/s1. The molecule has 2 heteroatoms. The molecule has 0 aliphatic rings. The third-order valence-corrected chi connectivity index (χ3v) is 2.67. The molecule has 1 aromatic carbocycles. The monoisotopic (exact) mass is 221 g/mol. The lowest BCUT2D eigenvalue weighted by atomic mass is 10.1. The van der Waals surface area contributed by atoms with Gasteiger partial charge in [0.15, 0.2) is 0 Å². The van der Waals surface area contributed by atoms with E-state index in [0.29, 0.717) is 6.04 Å². The van der Waals surface area contributed by atoms with Crippen LogP contribution in [-0.4, -0.2) is 13.2 Å². The first kappa shape index (κ1) is 13.0. The van der Waals surface area contributed by atoms with Crippen LogP contribution in [-0.2, 0) is 0 Å². The van der Waals surface area contributed by atoms with E-state index in [0.717, 1.165) is 18.9 Å². The summed E-state index contributed by atoms with van der Waals surface area (Å²) >= 11 is 0. The topological polar surface area (TPSA) is 21.3 Å². The number of para-hydroxylation sites is 1. The highest BCUT2D eigenvalue weighted by atomic mass is 16.5. The lowest BCUT2D eigenvalue weighted by Crippen LogP contribution is -2.20. The Morgan fingerprint density at radius 3 is 2.69 bits per heavy atom. The maximum absolute atomic E-state index is 5.62. The summed E-state index contributed by atoms with van der Waals surface area (Å²) in [7, 11) is 0. The van der Waals surface area contributed by atoms with Crippen LogP contribution < -0.4 is 10.1 Å². The zero-order chi connectivity index (χ0) is 11.8. The Kier molecular flexibility index (Phi) is 5.94. The fourth-order valence-electron chi connectivity index (χ4n) is 1.73. The largest absolute Gasteiger partial charge is 0.494 e. The molecule has 1 aromatic rings. The van der Waals surface area contributed by atoms with Gasteiger partial charge in [-0.25, -0.2) is 0 Å². The molecule has 1 N–H and O–H groups in total. The van der Waals surface area contributed by atoms with Crippen LogP contribution in [0, 0.1) is 0 Å². The van der Waals surface area contributed by atoms with E-state index in [4.69, 9.17) is 4.74 Å². The van der Waals surface area contributed by atoms with E-state index in [1.165, 1.54) is 18.4 Å². The van der Waals surface area contributed by atoms with E-state index in [1.54, 1.807) is 0 Å². The summed E-state index contributed by atoms with van der Waals surface area (Å²) < 4.78 is 5.62. The second-order valence-electron chi connectivity index (χ2n) is 4.00. The van der Waals surface area contributed by atoms with E-state index in [9.17, 15) is 0 Å². The summed E-state index contributed by atoms with van der Waals surface area (Å²) in [4.78, 5) is 0. The highest BCUT2D eigenvalue weighted by Gasteiger charge is 2.09. The summed E-state index contributed by atoms with van der Waals surface area (Å²) in [5.74, 6) is 1.00. The average Bonchev–Trinajstić information content (AvgIpc) is 2.30. The predicted molar refractivity (Wildman–Crippen MR) is 68.9 cm³/mol. The van der Waals surface area contributed by atoms with E-state index >= 15 is 0 Å². The van der Waals surface area contributed by atoms with Crippen LogP contribution in [0.25, 0.3) is 0 Å². The normalized spacial score (nSPS) is 12.4. The molecule has 90 valence electrons. The molecule has 0 aliphatic carbocycles. The molecule has 16 heavy (non-hydrogen) atoms. The third kappa shape index (κ3) is 3.86. The van der Waals surface area contributed by atoms with E-state index in [1.807, 2.05) is 19.1 Å². The Hall–Kier alpha value is -1.02. The molecular weight excluding hydrogens is 198 g/mol. The van der Waals surface area contributed by atoms with Crippen molar-refractivity contribution in [1.29, 1.82) is 0 Å². The number of hydrogen-bond donors (Lipinski definition) is 1. The summed E-state index contributed by atoms with van der Waals surface area (Å²) in [6.07, 6.45) is 2.45. The van der Waals surface area contributed by atoms with Crippen LogP contribution >= 0.6 is 0 Å². The highest BCUT2D eigenvalue weighted by Crippen LogP contribution is 2.24. The predicted octanol–water partition coefficient (Wildman–Crippen LogP) is 3.54. The molecule has 0 radical (unpaired) electrons. The van der Waals surface area contributed by atoms with Gasteiger partial charge in [-0.1, -0.05) is 31.5 Å². The Morgan fingerprint density at radius 2 is 2.00 bits per heavy atom. The first-order chi connectivity index (χ1) is 7.79. The van der Waals surface area contributed by atoms with Crippen molar-refractivity contribution >= 4 is 0 Å². The molecule has 0 bridgehead atoms. The number of nitrogens with one attached hydrogen (secondary N) is 1. The van der Waals surface area contributed by atoms with Gasteiger partial charge in [0.1, 0.15) is 5.75 Å². The number of hydrogen-bond acceptors (Lipinski definition) is 2. The second kappa shape index (κ2) is 7.29. The van der Waals surface area contributed by atoms with Crippen LogP contribution in [0.4, 0.5) is 0 Å². The van der Waals surface area contributed by atoms with Gasteiger partial charge in [0.05, 0.1) is 6.61 Å². The molecule has 0 heterocycles. The van der Waals surface area contributed by atoms with Gasteiger partial charge in [-0.15, -0.1) is 0 Å². The van der Waals surface area contributed by atoms with Crippen molar-refractivity contribution in [1.82, 2.24) is 5.32 Å². The maximum atomic E-state index is 5.62. The Bertz CT molecular complexity index is 299. The molecule has 0 amide bonds. The molecule has 1 rings (SSSR count). The summed E-state index contributed by atoms with van der Waals surface area (Å²) in [6.45, 7) is 8.21. The molecule has 0 fully saturated rings. The number of benzene rings is 1. The minimum absolute atomic E-state index is 0.356. The van der Waals surface area contributed by atoms with Gasteiger partial charge in [0.25, 0.3) is 0 Å². The Balaban J connectivity index is 2.62. The lowest BCUT2D eigenvalue weighted by Gasteiger charge is -2.17. The van der Waals surface area contributed by atoms with Crippen LogP contribution in [0.3, 0.4) is 0 Å². The quantitative estimate of drug-likeness (QED) is 0.711. The van der Waals surface area contributed by atoms with Gasteiger partial charge in [-0.3, -0.25) is 0 Å². The van der Waals surface area contributed by atoms with Crippen LogP contribution in [0.1, 0.15) is 45.2 Å². The summed E-state index contributed by atoms with van der Waals surface area (Å²) in [6, 6.07) is 8.61. The Labute approximate surface area is 99.0 Å². The number of ether oxygens (including phenoxy) is 1. The van der Waals surface area contributed by atoms with Gasteiger partial charge < -0.3 is 10.1 Å². The van der Waals surface area contributed by atoms with Gasteiger partial charge in [0, 0.05) is 11.6 Å². The van der Waals surface area contributed by atoms with E-state index < -0.39 is 0 Å². The zero-order valence-electron chi connectivity index (χ0n) is 10.6. The van der Waals surface area contributed by atoms with E-state index in [2.05, 4.69) is 31.3 Å². The number of rotatable bonds is 7. The molecule has 2 nitrogen and oxygen atoms in total. The van der Waals surface area contributed by atoms with Gasteiger partial charge >= 0.3 is 0 Å². The van der Waals surface area contributed by atoms with Crippen molar-refractivity contribution in [2.75, 3.05) is 13.2 Å². The molecule has 0 spiro atoms. The smallest absolute Gasteiger partial charge is 0.124 e. The van der Waals surface area contributed by atoms with Crippen molar-refractivity contribution in [3.8, 4) is 5.75 Å². The van der Waals surface area contributed by atoms with Crippen molar-refractivity contribution < 1.29 is 4.74 Å². The van der Waals surface area contributed by atoms with Crippen molar-refractivity contribution in [3.05, 3.63) is 29.8 Å². The first-order valence-corrected chi connectivity index (χ1v) is 6.24.